The van der Waals surface area contributed by atoms with Gasteiger partial charge in [-0.3, -0.25) is 4.79 Å². The van der Waals surface area contributed by atoms with Gasteiger partial charge in [0.15, 0.2) is 0 Å². The highest BCUT2D eigenvalue weighted by atomic mass is 16.2. The summed E-state index contributed by atoms with van der Waals surface area (Å²) in [6.07, 6.45) is 5.95. The number of carbonyl (C=O) groups excluding carboxylic acids is 1. The fourth-order valence-electron chi connectivity index (χ4n) is 4.25. The summed E-state index contributed by atoms with van der Waals surface area (Å²) in [5.41, 5.74) is 5.50. The van der Waals surface area contributed by atoms with Gasteiger partial charge < -0.3 is 4.90 Å². The zero-order valence-corrected chi connectivity index (χ0v) is 16.7. The first kappa shape index (κ1) is 18.0. The van der Waals surface area contributed by atoms with Crippen molar-refractivity contribution < 1.29 is 4.79 Å². The molecule has 2 aliphatic carbocycles. The molecule has 4 heteroatoms. The number of fused-ring (bicyclic) bond motifs is 1. The van der Waals surface area contributed by atoms with Gasteiger partial charge in [-0.2, -0.15) is 0 Å². The third-order valence-corrected chi connectivity index (χ3v) is 6.05. The monoisotopic (exact) mass is 383 g/mol. The lowest BCUT2D eigenvalue weighted by Gasteiger charge is -2.30. The summed E-state index contributed by atoms with van der Waals surface area (Å²) in [5.74, 6) is 1.25. The number of nitrogens with zero attached hydrogens (tertiary/aromatic N) is 3. The van der Waals surface area contributed by atoms with E-state index in [9.17, 15) is 4.79 Å². The average molecular weight is 383 g/mol. The van der Waals surface area contributed by atoms with E-state index in [1.54, 1.807) is 12.3 Å². The van der Waals surface area contributed by atoms with E-state index in [2.05, 4.69) is 65.4 Å². The summed E-state index contributed by atoms with van der Waals surface area (Å²) in [7, 11) is 0. The highest BCUT2D eigenvalue weighted by Crippen LogP contribution is 2.39. The number of rotatable bonds is 5. The molecule has 29 heavy (non-hydrogen) atoms. The Balaban J connectivity index is 1.50. The van der Waals surface area contributed by atoms with Gasteiger partial charge in [0.05, 0.1) is 6.04 Å². The molecule has 1 saturated carbocycles. The van der Waals surface area contributed by atoms with Crippen molar-refractivity contribution in [2.45, 2.75) is 51.1 Å². The Bertz CT molecular complexity index is 1040. The van der Waals surface area contributed by atoms with Crippen molar-refractivity contribution in [3.63, 3.8) is 0 Å². The van der Waals surface area contributed by atoms with Crippen molar-refractivity contribution in [3.05, 3.63) is 94.6 Å². The van der Waals surface area contributed by atoms with Crippen LogP contribution < -0.4 is 0 Å². The maximum atomic E-state index is 13.6. The number of aryl methyl sites for hydroxylation is 2. The molecule has 0 spiro atoms. The molecule has 1 aromatic heterocycles. The highest BCUT2D eigenvalue weighted by Gasteiger charge is 2.33. The van der Waals surface area contributed by atoms with Crippen LogP contribution >= 0.6 is 0 Å². The Morgan fingerprint density at radius 2 is 1.83 bits per heavy atom. The number of hydrogen-bond acceptors (Lipinski definition) is 3. The summed E-state index contributed by atoms with van der Waals surface area (Å²) >= 11 is 0. The molecule has 1 unspecified atom stereocenters. The van der Waals surface area contributed by atoms with Crippen molar-refractivity contribution >= 4 is 5.91 Å². The van der Waals surface area contributed by atoms with E-state index >= 15 is 0 Å². The Kier molecular flexibility index (Phi) is 4.62. The van der Waals surface area contributed by atoms with Crippen LogP contribution in [0.3, 0.4) is 0 Å². The Labute approximate surface area is 171 Å². The lowest BCUT2D eigenvalue weighted by atomic mass is 10.0. The number of benzene rings is 2. The molecule has 1 heterocycles. The van der Waals surface area contributed by atoms with Gasteiger partial charge in [-0.15, -0.1) is 0 Å². The molecule has 0 aliphatic heterocycles. The normalized spacial score (nSPS) is 17.8. The zero-order chi connectivity index (χ0) is 19.8. The Morgan fingerprint density at radius 3 is 2.62 bits per heavy atom. The van der Waals surface area contributed by atoms with Gasteiger partial charge in [0.1, 0.15) is 11.5 Å². The fourth-order valence-corrected chi connectivity index (χ4v) is 4.25. The molecule has 0 bridgehead atoms. The molecule has 1 fully saturated rings. The van der Waals surface area contributed by atoms with E-state index in [0.29, 0.717) is 18.2 Å². The van der Waals surface area contributed by atoms with E-state index in [0.717, 1.165) is 37.1 Å². The van der Waals surface area contributed by atoms with Crippen LogP contribution in [0.25, 0.3) is 0 Å². The van der Waals surface area contributed by atoms with Crippen molar-refractivity contribution in [2.75, 3.05) is 0 Å². The Hall–Kier alpha value is -3.01. The molecule has 1 atom stereocenters. The molecule has 146 valence electrons. The number of aromatic nitrogens is 2. The van der Waals surface area contributed by atoms with Gasteiger partial charge >= 0.3 is 0 Å². The summed E-state index contributed by atoms with van der Waals surface area (Å²) in [5, 5.41) is 0. The first-order valence-electron chi connectivity index (χ1n) is 10.5. The maximum absolute atomic E-state index is 13.6. The first-order chi connectivity index (χ1) is 14.2. The Morgan fingerprint density at radius 1 is 1.03 bits per heavy atom. The van der Waals surface area contributed by atoms with E-state index in [-0.39, 0.29) is 11.9 Å². The van der Waals surface area contributed by atoms with Crippen molar-refractivity contribution in [1.29, 1.82) is 0 Å². The van der Waals surface area contributed by atoms with Crippen LogP contribution in [0.1, 0.15) is 69.8 Å². The smallest absolute Gasteiger partial charge is 0.273 e. The molecule has 1 amide bonds. The van der Waals surface area contributed by atoms with E-state index in [1.165, 1.54) is 16.7 Å². The number of hydrogen-bond donors (Lipinski definition) is 0. The molecular weight excluding hydrogens is 358 g/mol. The second kappa shape index (κ2) is 7.43. The molecule has 2 aliphatic rings. The van der Waals surface area contributed by atoms with Crippen LogP contribution in [0.2, 0.25) is 0 Å². The summed E-state index contributed by atoms with van der Waals surface area (Å²) < 4.78 is 0. The van der Waals surface area contributed by atoms with Gasteiger partial charge in [0, 0.05) is 18.7 Å². The van der Waals surface area contributed by atoms with Crippen molar-refractivity contribution in [2.24, 2.45) is 0 Å². The minimum atomic E-state index is -0.00317. The van der Waals surface area contributed by atoms with Crippen LogP contribution in [-0.4, -0.2) is 20.8 Å². The summed E-state index contributed by atoms with van der Waals surface area (Å²) in [6.45, 7) is 2.67. The maximum Gasteiger partial charge on any atom is 0.273 e. The SMILES string of the molecule is Cc1ccc(CN(C(=O)c2ccnc(C3CC3)n2)C2CCc3ccccc32)cc1. The molecule has 4 nitrogen and oxygen atoms in total. The highest BCUT2D eigenvalue weighted by molar-refractivity contribution is 5.92. The second-order valence-corrected chi connectivity index (χ2v) is 8.25. The van der Waals surface area contributed by atoms with E-state index < -0.39 is 0 Å². The lowest BCUT2D eigenvalue weighted by molar-refractivity contribution is 0.0651. The summed E-state index contributed by atoms with van der Waals surface area (Å²) in [6, 6.07) is 18.8. The molecule has 3 aromatic rings. The molecule has 2 aromatic carbocycles. The number of carbonyl (C=O) groups is 1. The molecule has 0 radical (unpaired) electrons. The van der Waals surface area contributed by atoms with Gasteiger partial charge in [0.25, 0.3) is 5.91 Å². The lowest BCUT2D eigenvalue weighted by Crippen LogP contribution is -2.34. The van der Waals surface area contributed by atoms with Crippen molar-refractivity contribution in [1.82, 2.24) is 14.9 Å². The number of amides is 1. The first-order valence-corrected chi connectivity index (χ1v) is 10.5. The minimum absolute atomic E-state index is 0.00317. The zero-order valence-electron chi connectivity index (χ0n) is 16.7. The van der Waals surface area contributed by atoms with Gasteiger partial charge in [-0.1, -0.05) is 54.1 Å². The van der Waals surface area contributed by atoms with Crippen LogP contribution in [0.5, 0.6) is 0 Å². The molecular formula is C25H25N3O. The minimum Gasteiger partial charge on any atom is -0.326 e. The average Bonchev–Trinajstić information content (AvgIpc) is 3.53. The standard InChI is InChI=1S/C25H25N3O/c1-17-6-8-18(9-7-17)16-28(23-13-12-19-4-2-3-5-21(19)23)25(29)22-14-15-26-24(27-22)20-10-11-20/h2-9,14-15,20,23H,10-13,16H2,1H3. The van der Waals surface area contributed by atoms with Crippen LogP contribution in [0.15, 0.2) is 60.8 Å². The predicted octanol–water partition coefficient (Wildman–Crippen LogP) is 4.99. The molecule has 0 N–H and O–H groups in total. The van der Waals surface area contributed by atoms with Gasteiger partial charge in [-0.25, -0.2) is 9.97 Å². The third kappa shape index (κ3) is 3.67. The topological polar surface area (TPSA) is 46.1 Å². The second-order valence-electron chi connectivity index (χ2n) is 8.25. The third-order valence-electron chi connectivity index (χ3n) is 6.05. The largest absolute Gasteiger partial charge is 0.326 e. The van der Waals surface area contributed by atoms with E-state index in [1.807, 2.05) is 4.90 Å². The quantitative estimate of drug-likeness (QED) is 0.623. The van der Waals surface area contributed by atoms with Crippen LogP contribution in [0.4, 0.5) is 0 Å². The molecule has 5 rings (SSSR count). The van der Waals surface area contributed by atoms with Crippen molar-refractivity contribution in [3.8, 4) is 0 Å². The van der Waals surface area contributed by atoms with Gasteiger partial charge in [-0.05, 0) is 55.4 Å². The fraction of sp³-hybridized carbons (Fsp3) is 0.320. The van der Waals surface area contributed by atoms with Crippen LogP contribution in [0, 0.1) is 6.92 Å². The van der Waals surface area contributed by atoms with Crippen LogP contribution in [-0.2, 0) is 13.0 Å². The predicted molar refractivity (Wildman–Crippen MR) is 113 cm³/mol. The van der Waals surface area contributed by atoms with E-state index in [4.69, 9.17) is 0 Å². The molecule has 0 saturated heterocycles. The van der Waals surface area contributed by atoms with Gasteiger partial charge in [0.2, 0.25) is 0 Å². The summed E-state index contributed by atoms with van der Waals surface area (Å²) in [4.78, 5) is 24.7.